The molecule has 0 atom stereocenters. The van der Waals surface area contributed by atoms with Gasteiger partial charge < -0.3 is 19.3 Å². The molecule has 2 aromatic carbocycles. The Morgan fingerprint density at radius 3 is 2.75 bits per heavy atom. The molecule has 0 amide bonds. The number of hydrogen-bond acceptors (Lipinski definition) is 6. The minimum absolute atomic E-state index is 0.0541. The van der Waals surface area contributed by atoms with Gasteiger partial charge >= 0.3 is 18.6 Å². The van der Waals surface area contributed by atoms with Gasteiger partial charge in [-0.2, -0.15) is 8.78 Å². The fourth-order valence-electron chi connectivity index (χ4n) is 2.36. The Morgan fingerprint density at radius 1 is 1.21 bits per heavy atom. The standard InChI is InChI=1S/C19H13F2NO6/c20-19(21)27-13-6-3-5-12(8-13)17-22-14(18(25)28-17)9-11-4-1-2-7-15(11)26-10-16(23)24/h1-9,19H,10H2,(H,23,24)/b14-9-. The summed E-state index contributed by atoms with van der Waals surface area (Å²) in [6.45, 7) is -3.53. The lowest BCUT2D eigenvalue weighted by Crippen LogP contribution is -2.10. The summed E-state index contributed by atoms with van der Waals surface area (Å²) in [5.74, 6) is -1.81. The topological polar surface area (TPSA) is 94.4 Å². The Hall–Kier alpha value is -3.75. The molecule has 0 aliphatic carbocycles. The van der Waals surface area contributed by atoms with Gasteiger partial charge in [0.2, 0.25) is 5.90 Å². The highest BCUT2D eigenvalue weighted by Gasteiger charge is 2.25. The van der Waals surface area contributed by atoms with Crippen molar-refractivity contribution in [1.82, 2.24) is 0 Å². The van der Waals surface area contributed by atoms with E-state index in [9.17, 15) is 18.4 Å². The lowest BCUT2D eigenvalue weighted by atomic mass is 10.1. The fraction of sp³-hybridized carbons (Fsp3) is 0.105. The van der Waals surface area contributed by atoms with Gasteiger partial charge in [0.1, 0.15) is 11.5 Å². The number of ether oxygens (including phenoxy) is 3. The van der Waals surface area contributed by atoms with Crippen molar-refractivity contribution >= 4 is 23.9 Å². The molecule has 0 fully saturated rings. The van der Waals surface area contributed by atoms with Gasteiger partial charge in [-0.1, -0.05) is 24.3 Å². The first-order valence-electron chi connectivity index (χ1n) is 7.94. The highest BCUT2D eigenvalue weighted by molar-refractivity contribution is 6.13. The van der Waals surface area contributed by atoms with Crippen LogP contribution in [0.15, 0.2) is 59.2 Å². The number of nitrogens with zero attached hydrogens (tertiary/aromatic N) is 1. The minimum Gasteiger partial charge on any atom is -0.481 e. The summed E-state index contributed by atoms with van der Waals surface area (Å²) >= 11 is 0. The summed E-state index contributed by atoms with van der Waals surface area (Å²) in [5.41, 5.74) is 0.655. The molecule has 1 aliphatic heterocycles. The van der Waals surface area contributed by atoms with E-state index in [0.29, 0.717) is 5.56 Å². The number of carbonyl (C=O) groups excluding carboxylic acids is 1. The van der Waals surface area contributed by atoms with Crippen molar-refractivity contribution in [1.29, 1.82) is 0 Å². The molecule has 0 saturated carbocycles. The number of para-hydroxylation sites is 1. The summed E-state index contributed by atoms with van der Waals surface area (Å²) in [7, 11) is 0. The van der Waals surface area contributed by atoms with Gasteiger partial charge in [-0.25, -0.2) is 14.6 Å². The zero-order valence-corrected chi connectivity index (χ0v) is 14.2. The molecular weight excluding hydrogens is 376 g/mol. The molecule has 0 unspecified atom stereocenters. The smallest absolute Gasteiger partial charge is 0.387 e. The van der Waals surface area contributed by atoms with Crippen LogP contribution in [0.25, 0.3) is 6.08 Å². The molecule has 2 aromatic rings. The first-order valence-corrected chi connectivity index (χ1v) is 7.94. The van der Waals surface area contributed by atoms with Crippen LogP contribution in [0.5, 0.6) is 11.5 Å². The van der Waals surface area contributed by atoms with E-state index < -0.39 is 25.2 Å². The van der Waals surface area contributed by atoms with Gasteiger partial charge in [-0.15, -0.1) is 0 Å². The SMILES string of the molecule is O=C(O)COc1ccccc1/C=C1\N=C(c2cccc(OC(F)F)c2)OC1=O. The Kier molecular flexibility index (Phi) is 5.64. The number of aliphatic imine (C=N–C) groups is 1. The third kappa shape index (κ3) is 4.70. The van der Waals surface area contributed by atoms with Crippen LogP contribution in [0.4, 0.5) is 8.78 Å². The largest absolute Gasteiger partial charge is 0.481 e. The molecular formula is C19H13F2NO6. The molecule has 3 rings (SSSR count). The number of rotatable bonds is 7. The van der Waals surface area contributed by atoms with Crippen molar-refractivity contribution < 1.29 is 37.7 Å². The maximum Gasteiger partial charge on any atom is 0.387 e. The third-order valence-corrected chi connectivity index (χ3v) is 3.49. The number of hydrogen-bond donors (Lipinski definition) is 1. The zero-order chi connectivity index (χ0) is 20.1. The molecule has 0 bridgehead atoms. The van der Waals surface area contributed by atoms with E-state index in [1.54, 1.807) is 24.3 Å². The van der Waals surface area contributed by atoms with Crippen LogP contribution in [0.1, 0.15) is 11.1 Å². The van der Waals surface area contributed by atoms with Gasteiger partial charge in [-0.05, 0) is 30.3 Å². The summed E-state index contributed by atoms with van der Waals surface area (Å²) in [5, 5.41) is 8.74. The summed E-state index contributed by atoms with van der Waals surface area (Å²) < 4.78 is 39.3. The molecule has 1 heterocycles. The van der Waals surface area contributed by atoms with Gasteiger partial charge in [-0.3, -0.25) is 0 Å². The van der Waals surface area contributed by atoms with Gasteiger partial charge in [0.05, 0.1) is 0 Å². The minimum atomic E-state index is -2.99. The van der Waals surface area contributed by atoms with E-state index >= 15 is 0 Å². The van der Waals surface area contributed by atoms with Gasteiger partial charge in [0.15, 0.2) is 12.3 Å². The molecule has 1 N–H and O–H groups in total. The van der Waals surface area contributed by atoms with Gasteiger partial charge in [0.25, 0.3) is 0 Å². The van der Waals surface area contributed by atoms with E-state index in [4.69, 9.17) is 14.6 Å². The van der Waals surface area contributed by atoms with Crippen LogP contribution in [0.2, 0.25) is 0 Å². The number of halogens is 2. The zero-order valence-electron chi connectivity index (χ0n) is 14.2. The van der Waals surface area contributed by atoms with Crippen LogP contribution in [-0.4, -0.2) is 36.2 Å². The van der Waals surface area contributed by atoms with E-state index in [0.717, 1.165) is 0 Å². The van der Waals surface area contributed by atoms with Crippen LogP contribution < -0.4 is 9.47 Å². The van der Waals surface area contributed by atoms with E-state index in [1.165, 1.54) is 30.3 Å². The van der Waals surface area contributed by atoms with Crippen molar-refractivity contribution in [3.05, 3.63) is 65.4 Å². The van der Waals surface area contributed by atoms with E-state index in [-0.39, 0.29) is 28.7 Å². The quantitative estimate of drug-likeness (QED) is 0.578. The van der Waals surface area contributed by atoms with Crippen LogP contribution in [-0.2, 0) is 14.3 Å². The lowest BCUT2D eigenvalue weighted by Gasteiger charge is -2.06. The Morgan fingerprint density at radius 2 is 2.00 bits per heavy atom. The first kappa shape index (κ1) is 19.0. The second-order valence-corrected chi connectivity index (χ2v) is 5.46. The predicted molar refractivity (Wildman–Crippen MR) is 93.3 cm³/mol. The maximum absolute atomic E-state index is 12.4. The fourth-order valence-corrected chi connectivity index (χ4v) is 2.36. The number of cyclic esters (lactones) is 1. The van der Waals surface area contributed by atoms with Crippen molar-refractivity contribution in [3.8, 4) is 11.5 Å². The highest BCUT2D eigenvalue weighted by Crippen LogP contribution is 2.26. The normalized spacial score (nSPS) is 14.8. The highest BCUT2D eigenvalue weighted by atomic mass is 19.3. The second-order valence-electron chi connectivity index (χ2n) is 5.46. The van der Waals surface area contributed by atoms with Crippen molar-refractivity contribution in [2.24, 2.45) is 4.99 Å². The molecule has 7 nitrogen and oxygen atoms in total. The summed E-state index contributed by atoms with van der Waals surface area (Å²) in [6.07, 6.45) is 1.38. The average molecular weight is 389 g/mol. The molecule has 28 heavy (non-hydrogen) atoms. The number of carbonyl (C=O) groups is 2. The Labute approximate surface area is 157 Å². The van der Waals surface area contributed by atoms with Crippen molar-refractivity contribution in [3.63, 3.8) is 0 Å². The van der Waals surface area contributed by atoms with Crippen LogP contribution in [0.3, 0.4) is 0 Å². The number of carboxylic acid groups (broad SMARTS) is 1. The van der Waals surface area contributed by atoms with Crippen LogP contribution >= 0.6 is 0 Å². The van der Waals surface area contributed by atoms with Crippen molar-refractivity contribution in [2.45, 2.75) is 6.61 Å². The number of alkyl halides is 2. The molecule has 9 heteroatoms. The molecule has 0 aromatic heterocycles. The Balaban J connectivity index is 1.87. The predicted octanol–water partition coefficient (Wildman–Crippen LogP) is 3.10. The Bertz CT molecular complexity index is 970. The molecule has 144 valence electrons. The van der Waals surface area contributed by atoms with Gasteiger partial charge in [0, 0.05) is 11.1 Å². The molecule has 0 radical (unpaired) electrons. The van der Waals surface area contributed by atoms with Crippen molar-refractivity contribution in [2.75, 3.05) is 6.61 Å². The monoisotopic (exact) mass is 389 g/mol. The van der Waals surface area contributed by atoms with E-state index in [1.807, 2.05) is 0 Å². The second kappa shape index (κ2) is 8.30. The average Bonchev–Trinajstić information content (AvgIpc) is 3.01. The lowest BCUT2D eigenvalue weighted by molar-refractivity contribution is -0.139. The first-order chi connectivity index (χ1) is 13.4. The third-order valence-electron chi connectivity index (χ3n) is 3.49. The molecule has 1 aliphatic rings. The number of benzene rings is 2. The number of carboxylic acids is 1. The molecule has 0 saturated heterocycles. The summed E-state index contributed by atoms with van der Waals surface area (Å²) in [4.78, 5) is 26.9. The van der Waals surface area contributed by atoms with Crippen LogP contribution in [0, 0.1) is 0 Å². The number of esters is 1. The van der Waals surface area contributed by atoms with E-state index in [2.05, 4.69) is 9.73 Å². The number of aliphatic carboxylic acids is 1. The molecule has 0 spiro atoms. The maximum atomic E-state index is 12.4. The summed E-state index contributed by atoms with van der Waals surface area (Å²) in [6, 6.07) is 12.1.